The van der Waals surface area contributed by atoms with Crippen LogP contribution in [0.1, 0.15) is 0 Å². The maximum Gasteiger partial charge on any atom is 0.160 e. The highest BCUT2D eigenvalue weighted by atomic mass is 15.0. The van der Waals surface area contributed by atoms with Gasteiger partial charge in [-0.3, -0.25) is 0 Å². The van der Waals surface area contributed by atoms with Gasteiger partial charge in [0, 0.05) is 33.2 Å². The SMILES string of the molecule is c1ccc(-c2ccc(-c3nc(-c4ccccc4-c4ccc5c(c4)c4ccccc4n5-c4ccccc4)cc(-c4c5ccccc5cc5c4ccc4ccccc45)n3)cc2)cc1. The summed E-state index contributed by atoms with van der Waals surface area (Å²) in [6.07, 6.45) is 0. The zero-order chi connectivity index (χ0) is 40.3. The Balaban J connectivity index is 1.10. The Bertz CT molecular complexity index is 3620. The van der Waals surface area contributed by atoms with Crippen molar-refractivity contribution in [3.8, 4) is 61.8 Å². The Morgan fingerprint density at radius 2 is 0.885 bits per heavy atom. The fourth-order valence-corrected chi connectivity index (χ4v) is 9.33. The Morgan fingerprint density at radius 3 is 1.70 bits per heavy atom. The van der Waals surface area contributed by atoms with Crippen molar-refractivity contribution in [2.75, 3.05) is 0 Å². The van der Waals surface area contributed by atoms with Gasteiger partial charge in [-0.05, 0) is 97.0 Å². The molecule has 3 nitrogen and oxygen atoms in total. The first-order chi connectivity index (χ1) is 30.2. The predicted molar refractivity (Wildman–Crippen MR) is 256 cm³/mol. The summed E-state index contributed by atoms with van der Waals surface area (Å²) in [6, 6.07) is 80.5. The lowest BCUT2D eigenvalue weighted by molar-refractivity contribution is 1.18. The van der Waals surface area contributed by atoms with Crippen LogP contribution in [0.2, 0.25) is 0 Å². The highest BCUT2D eigenvalue weighted by Gasteiger charge is 2.20. The van der Waals surface area contributed by atoms with Crippen LogP contribution in [0.25, 0.3) is 116 Å². The molecule has 0 bridgehead atoms. The van der Waals surface area contributed by atoms with E-state index in [9.17, 15) is 0 Å². The summed E-state index contributed by atoms with van der Waals surface area (Å²) in [7, 11) is 0. The van der Waals surface area contributed by atoms with Gasteiger partial charge >= 0.3 is 0 Å². The molecule has 0 atom stereocenters. The average molecular weight is 776 g/mol. The van der Waals surface area contributed by atoms with E-state index in [1.54, 1.807) is 0 Å². The first-order valence-electron chi connectivity index (χ1n) is 20.8. The van der Waals surface area contributed by atoms with E-state index in [1.807, 2.05) is 0 Å². The molecule has 0 N–H and O–H groups in total. The van der Waals surface area contributed by atoms with Gasteiger partial charge in [-0.1, -0.05) is 182 Å². The average Bonchev–Trinajstić information content (AvgIpc) is 3.67. The molecular weight excluding hydrogens is 739 g/mol. The monoisotopic (exact) mass is 775 g/mol. The van der Waals surface area contributed by atoms with Gasteiger partial charge in [0.05, 0.1) is 22.4 Å². The molecule has 12 rings (SSSR count). The minimum Gasteiger partial charge on any atom is -0.309 e. The highest BCUT2D eigenvalue weighted by Crippen LogP contribution is 2.42. The number of hydrogen-bond acceptors (Lipinski definition) is 2. The summed E-state index contributed by atoms with van der Waals surface area (Å²) < 4.78 is 2.37. The molecule has 0 aliphatic carbocycles. The molecule has 12 aromatic rings. The third-order valence-corrected chi connectivity index (χ3v) is 12.2. The molecule has 0 unspecified atom stereocenters. The maximum absolute atomic E-state index is 5.48. The quantitative estimate of drug-likeness (QED) is 0.124. The Morgan fingerprint density at radius 1 is 0.295 bits per heavy atom. The molecule has 0 saturated heterocycles. The van der Waals surface area contributed by atoms with Crippen LogP contribution in [-0.4, -0.2) is 14.5 Å². The predicted octanol–water partition coefficient (Wildman–Crippen LogP) is 15.4. The maximum atomic E-state index is 5.48. The van der Waals surface area contributed by atoms with Gasteiger partial charge in [0.25, 0.3) is 0 Å². The van der Waals surface area contributed by atoms with E-state index in [0.717, 1.165) is 55.8 Å². The lowest BCUT2D eigenvalue weighted by atomic mass is 9.90. The van der Waals surface area contributed by atoms with Crippen LogP contribution in [0.4, 0.5) is 0 Å². The number of rotatable bonds is 6. The minimum atomic E-state index is 0.685. The fraction of sp³-hybridized carbons (Fsp3) is 0. The van der Waals surface area contributed by atoms with Gasteiger partial charge in [0.15, 0.2) is 5.82 Å². The molecule has 0 amide bonds. The smallest absolute Gasteiger partial charge is 0.160 e. The molecule has 2 aromatic heterocycles. The van der Waals surface area contributed by atoms with Crippen LogP contribution in [-0.2, 0) is 0 Å². The van der Waals surface area contributed by atoms with Crippen LogP contribution in [0, 0.1) is 0 Å². The molecule has 0 spiro atoms. The molecule has 0 saturated carbocycles. The molecule has 61 heavy (non-hydrogen) atoms. The van der Waals surface area contributed by atoms with Gasteiger partial charge in [-0.2, -0.15) is 0 Å². The van der Waals surface area contributed by atoms with Crippen molar-refractivity contribution in [2.24, 2.45) is 0 Å². The van der Waals surface area contributed by atoms with Crippen molar-refractivity contribution >= 4 is 54.1 Å². The zero-order valence-electron chi connectivity index (χ0n) is 33.2. The normalized spacial score (nSPS) is 11.6. The van der Waals surface area contributed by atoms with E-state index in [0.29, 0.717) is 5.82 Å². The first kappa shape index (κ1) is 34.9. The number of para-hydroxylation sites is 2. The summed E-state index contributed by atoms with van der Waals surface area (Å²) in [5, 5.41) is 9.60. The fourth-order valence-electron chi connectivity index (χ4n) is 9.33. The molecule has 3 heteroatoms. The van der Waals surface area contributed by atoms with Crippen LogP contribution in [0.15, 0.2) is 224 Å². The minimum absolute atomic E-state index is 0.685. The molecule has 0 aliphatic heterocycles. The van der Waals surface area contributed by atoms with E-state index in [-0.39, 0.29) is 0 Å². The summed E-state index contributed by atoms with van der Waals surface area (Å²) >= 11 is 0. The van der Waals surface area contributed by atoms with Crippen molar-refractivity contribution in [3.05, 3.63) is 224 Å². The van der Waals surface area contributed by atoms with Crippen molar-refractivity contribution in [3.63, 3.8) is 0 Å². The van der Waals surface area contributed by atoms with Gasteiger partial charge in [-0.15, -0.1) is 0 Å². The van der Waals surface area contributed by atoms with Crippen LogP contribution >= 0.6 is 0 Å². The topological polar surface area (TPSA) is 30.7 Å². The molecule has 0 radical (unpaired) electrons. The second kappa shape index (κ2) is 14.3. The van der Waals surface area contributed by atoms with E-state index in [1.165, 1.54) is 54.3 Å². The second-order valence-corrected chi connectivity index (χ2v) is 15.7. The van der Waals surface area contributed by atoms with Gasteiger partial charge in [0.1, 0.15) is 0 Å². The summed E-state index contributed by atoms with van der Waals surface area (Å²) in [5.41, 5.74) is 13.0. The van der Waals surface area contributed by atoms with Crippen LogP contribution in [0.5, 0.6) is 0 Å². The molecule has 2 heterocycles. The molecule has 0 fully saturated rings. The van der Waals surface area contributed by atoms with Gasteiger partial charge in [0.2, 0.25) is 0 Å². The summed E-state index contributed by atoms with van der Waals surface area (Å²) in [5.74, 6) is 0.685. The van der Waals surface area contributed by atoms with Gasteiger partial charge in [-0.25, -0.2) is 9.97 Å². The van der Waals surface area contributed by atoms with E-state index < -0.39 is 0 Å². The Hall–Kier alpha value is -8.14. The van der Waals surface area contributed by atoms with Crippen molar-refractivity contribution in [2.45, 2.75) is 0 Å². The van der Waals surface area contributed by atoms with Crippen molar-refractivity contribution in [1.82, 2.24) is 14.5 Å². The number of fused-ring (bicyclic) bond motifs is 7. The molecule has 10 aromatic carbocycles. The molecule has 284 valence electrons. The van der Waals surface area contributed by atoms with E-state index in [2.05, 4.69) is 229 Å². The molecule has 0 aliphatic rings. The largest absolute Gasteiger partial charge is 0.309 e. The van der Waals surface area contributed by atoms with E-state index >= 15 is 0 Å². The standard InChI is InChI=1S/C58H37N3/c1-3-15-38(16-4-1)39-27-29-41(30-28-39)58-59-53(37-54(60-58)57-47-23-10-8-18-42(47)35-51-45-21-9-7-17-40(45)31-33-50(51)57)48-24-12-11-22-46(48)43-32-34-56-52(36-43)49-25-13-14-26-55(49)61(56)44-19-5-2-6-20-44/h1-37H. The third-order valence-electron chi connectivity index (χ3n) is 12.2. The van der Waals surface area contributed by atoms with Crippen LogP contribution < -0.4 is 0 Å². The Kier molecular flexibility index (Phi) is 8.17. The lowest BCUT2D eigenvalue weighted by Crippen LogP contribution is -1.98. The molecular formula is C58H37N3. The summed E-state index contributed by atoms with van der Waals surface area (Å²) in [4.78, 5) is 10.9. The number of aromatic nitrogens is 3. The van der Waals surface area contributed by atoms with E-state index in [4.69, 9.17) is 9.97 Å². The first-order valence-corrected chi connectivity index (χ1v) is 20.8. The van der Waals surface area contributed by atoms with Crippen LogP contribution in [0.3, 0.4) is 0 Å². The Labute approximate surface area is 353 Å². The van der Waals surface area contributed by atoms with Crippen molar-refractivity contribution < 1.29 is 0 Å². The number of benzene rings is 10. The summed E-state index contributed by atoms with van der Waals surface area (Å²) in [6.45, 7) is 0. The number of hydrogen-bond donors (Lipinski definition) is 0. The second-order valence-electron chi connectivity index (χ2n) is 15.7. The lowest BCUT2D eigenvalue weighted by Gasteiger charge is -2.16. The number of nitrogens with zero attached hydrogens (tertiary/aromatic N) is 3. The van der Waals surface area contributed by atoms with Crippen molar-refractivity contribution in [1.29, 1.82) is 0 Å². The zero-order valence-corrected chi connectivity index (χ0v) is 33.2. The highest BCUT2D eigenvalue weighted by molar-refractivity contribution is 6.20. The third kappa shape index (κ3) is 5.90. The van der Waals surface area contributed by atoms with Gasteiger partial charge < -0.3 is 4.57 Å².